The first-order chi connectivity index (χ1) is 6.70. The first kappa shape index (κ1) is 12.8. The average molecular weight is 233 g/mol. The zero-order chi connectivity index (χ0) is 10.1. The number of hydrogen-bond acceptors (Lipinski definition) is 2. The number of rotatable bonds is 1. The van der Waals surface area contributed by atoms with Gasteiger partial charge in [-0.15, -0.1) is 12.4 Å². The third-order valence-electron chi connectivity index (χ3n) is 3.83. The van der Waals surface area contributed by atoms with Crippen molar-refractivity contribution < 1.29 is 4.79 Å². The molecule has 0 aromatic heterocycles. The van der Waals surface area contributed by atoms with Crippen LogP contribution in [-0.4, -0.2) is 36.5 Å². The van der Waals surface area contributed by atoms with Gasteiger partial charge in [0, 0.05) is 19.1 Å². The van der Waals surface area contributed by atoms with Gasteiger partial charge in [0.2, 0.25) is 5.91 Å². The summed E-state index contributed by atoms with van der Waals surface area (Å²) < 4.78 is 0. The van der Waals surface area contributed by atoms with Crippen LogP contribution in [-0.2, 0) is 4.79 Å². The van der Waals surface area contributed by atoms with Crippen molar-refractivity contribution in [2.45, 2.75) is 32.7 Å². The first-order valence-electron chi connectivity index (χ1n) is 5.71. The van der Waals surface area contributed by atoms with Gasteiger partial charge in [0.15, 0.2) is 0 Å². The summed E-state index contributed by atoms with van der Waals surface area (Å²) in [7, 11) is 0. The molecule has 2 saturated heterocycles. The summed E-state index contributed by atoms with van der Waals surface area (Å²) in [4.78, 5) is 14.2. The molecule has 0 aliphatic carbocycles. The highest BCUT2D eigenvalue weighted by Gasteiger charge is 2.35. The number of nitrogens with one attached hydrogen (secondary N) is 1. The van der Waals surface area contributed by atoms with Crippen LogP contribution in [0.5, 0.6) is 0 Å². The second-order valence-electron chi connectivity index (χ2n) is 4.73. The fourth-order valence-electron chi connectivity index (χ4n) is 2.51. The van der Waals surface area contributed by atoms with Crippen LogP contribution in [0.3, 0.4) is 0 Å². The third kappa shape index (κ3) is 2.45. The summed E-state index contributed by atoms with van der Waals surface area (Å²) in [6.45, 7) is 7.28. The van der Waals surface area contributed by atoms with Crippen molar-refractivity contribution in [3.63, 3.8) is 0 Å². The van der Waals surface area contributed by atoms with Gasteiger partial charge in [-0.05, 0) is 32.2 Å². The Kier molecular flexibility index (Phi) is 4.41. The van der Waals surface area contributed by atoms with Gasteiger partial charge in [-0.25, -0.2) is 0 Å². The first-order valence-corrected chi connectivity index (χ1v) is 5.71. The van der Waals surface area contributed by atoms with Crippen LogP contribution in [0, 0.1) is 11.8 Å². The fourth-order valence-corrected chi connectivity index (χ4v) is 2.51. The maximum atomic E-state index is 12.1. The standard InChI is InChI=1S/C11H20N2O.ClH/c1-8-4-6-13(9(8)2)11(14)10-3-5-12-7-10;/h8-10,12H,3-7H2,1-2H3;1H/t8?,9?,10-;/m1./s1. The van der Waals surface area contributed by atoms with Gasteiger partial charge in [0.1, 0.15) is 0 Å². The molecule has 0 saturated carbocycles. The van der Waals surface area contributed by atoms with Crippen LogP contribution < -0.4 is 5.32 Å². The van der Waals surface area contributed by atoms with E-state index >= 15 is 0 Å². The Morgan fingerprint density at radius 2 is 2.07 bits per heavy atom. The summed E-state index contributed by atoms with van der Waals surface area (Å²) in [5.74, 6) is 1.31. The minimum absolute atomic E-state index is 0. The number of nitrogens with zero attached hydrogens (tertiary/aromatic N) is 1. The van der Waals surface area contributed by atoms with Crippen molar-refractivity contribution in [2.24, 2.45) is 11.8 Å². The topological polar surface area (TPSA) is 32.3 Å². The number of carbonyl (C=O) groups excluding carboxylic acids is 1. The molecule has 3 atom stereocenters. The number of hydrogen-bond donors (Lipinski definition) is 1. The number of halogens is 1. The van der Waals surface area contributed by atoms with E-state index in [0.29, 0.717) is 17.9 Å². The Morgan fingerprint density at radius 3 is 2.53 bits per heavy atom. The van der Waals surface area contributed by atoms with Gasteiger partial charge in [0.25, 0.3) is 0 Å². The molecule has 2 heterocycles. The second-order valence-corrected chi connectivity index (χ2v) is 4.73. The van der Waals surface area contributed by atoms with Gasteiger partial charge in [-0.1, -0.05) is 6.92 Å². The van der Waals surface area contributed by atoms with Gasteiger partial charge in [0.05, 0.1) is 5.92 Å². The normalized spacial score (nSPS) is 35.3. The Hall–Kier alpha value is -0.280. The summed E-state index contributed by atoms with van der Waals surface area (Å²) >= 11 is 0. The fraction of sp³-hybridized carbons (Fsp3) is 0.909. The lowest BCUT2D eigenvalue weighted by molar-refractivity contribution is -0.135. The molecule has 2 aliphatic rings. The van der Waals surface area contributed by atoms with E-state index in [0.717, 1.165) is 26.1 Å². The van der Waals surface area contributed by atoms with Gasteiger partial charge < -0.3 is 10.2 Å². The van der Waals surface area contributed by atoms with Gasteiger partial charge in [-0.2, -0.15) is 0 Å². The molecule has 1 amide bonds. The molecule has 0 spiro atoms. The molecule has 4 heteroatoms. The van der Waals surface area contributed by atoms with E-state index in [9.17, 15) is 4.79 Å². The molecule has 0 bridgehead atoms. The zero-order valence-electron chi connectivity index (χ0n) is 9.53. The van der Waals surface area contributed by atoms with Crippen molar-refractivity contribution in [1.82, 2.24) is 10.2 Å². The lowest BCUT2D eigenvalue weighted by atomic mass is 10.0. The number of carbonyl (C=O) groups is 1. The van der Waals surface area contributed by atoms with Gasteiger partial charge >= 0.3 is 0 Å². The van der Waals surface area contributed by atoms with Crippen LogP contribution in [0.15, 0.2) is 0 Å². The van der Waals surface area contributed by atoms with E-state index in [1.54, 1.807) is 0 Å². The highest BCUT2D eigenvalue weighted by Crippen LogP contribution is 2.26. The zero-order valence-corrected chi connectivity index (χ0v) is 10.3. The maximum Gasteiger partial charge on any atom is 0.227 e. The Balaban J connectivity index is 0.00000112. The Bertz CT molecular complexity index is 229. The quantitative estimate of drug-likeness (QED) is 0.739. The van der Waals surface area contributed by atoms with E-state index in [1.165, 1.54) is 6.42 Å². The van der Waals surface area contributed by atoms with E-state index in [4.69, 9.17) is 0 Å². The van der Waals surface area contributed by atoms with Crippen LogP contribution in [0.1, 0.15) is 26.7 Å². The predicted molar refractivity (Wildman–Crippen MR) is 63.2 cm³/mol. The summed E-state index contributed by atoms with van der Waals surface area (Å²) in [5, 5.41) is 3.26. The van der Waals surface area contributed by atoms with E-state index in [2.05, 4.69) is 24.1 Å². The monoisotopic (exact) mass is 232 g/mol. The van der Waals surface area contributed by atoms with Crippen LogP contribution in [0.4, 0.5) is 0 Å². The minimum atomic E-state index is 0. The molecule has 15 heavy (non-hydrogen) atoms. The summed E-state index contributed by atoms with van der Waals surface area (Å²) in [6.07, 6.45) is 2.20. The van der Waals surface area contributed by atoms with Crippen molar-refractivity contribution in [3.8, 4) is 0 Å². The molecule has 2 unspecified atom stereocenters. The van der Waals surface area contributed by atoms with Crippen molar-refractivity contribution in [3.05, 3.63) is 0 Å². The lowest BCUT2D eigenvalue weighted by Crippen LogP contribution is -2.40. The van der Waals surface area contributed by atoms with E-state index < -0.39 is 0 Å². The maximum absolute atomic E-state index is 12.1. The largest absolute Gasteiger partial charge is 0.339 e. The summed E-state index contributed by atoms with van der Waals surface area (Å²) in [6, 6.07) is 0.447. The summed E-state index contributed by atoms with van der Waals surface area (Å²) in [5.41, 5.74) is 0. The highest BCUT2D eigenvalue weighted by molar-refractivity contribution is 5.85. The van der Waals surface area contributed by atoms with Crippen molar-refractivity contribution in [2.75, 3.05) is 19.6 Å². The van der Waals surface area contributed by atoms with Gasteiger partial charge in [-0.3, -0.25) is 4.79 Å². The third-order valence-corrected chi connectivity index (χ3v) is 3.83. The molecule has 2 aliphatic heterocycles. The van der Waals surface area contributed by atoms with Crippen LogP contribution in [0.25, 0.3) is 0 Å². The molecule has 0 aromatic carbocycles. The second kappa shape index (κ2) is 5.17. The Labute approximate surface area is 98.0 Å². The van der Waals surface area contributed by atoms with Crippen molar-refractivity contribution >= 4 is 18.3 Å². The predicted octanol–water partition coefficient (Wildman–Crippen LogP) is 1.27. The van der Waals surface area contributed by atoms with Crippen LogP contribution in [0.2, 0.25) is 0 Å². The van der Waals surface area contributed by atoms with E-state index in [-0.39, 0.29) is 18.3 Å². The lowest BCUT2D eigenvalue weighted by Gasteiger charge is -2.26. The minimum Gasteiger partial charge on any atom is -0.339 e. The smallest absolute Gasteiger partial charge is 0.227 e. The molecule has 2 rings (SSSR count). The molecular formula is C11H21ClN2O. The van der Waals surface area contributed by atoms with Crippen molar-refractivity contribution in [1.29, 1.82) is 0 Å². The van der Waals surface area contributed by atoms with E-state index in [1.807, 2.05) is 0 Å². The number of likely N-dealkylation sites (tertiary alicyclic amines) is 1. The molecule has 0 aromatic rings. The molecular weight excluding hydrogens is 212 g/mol. The molecule has 1 N–H and O–H groups in total. The molecule has 88 valence electrons. The van der Waals surface area contributed by atoms with Crippen LogP contribution >= 0.6 is 12.4 Å². The molecule has 2 fully saturated rings. The molecule has 3 nitrogen and oxygen atoms in total. The highest BCUT2D eigenvalue weighted by atomic mass is 35.5. The number of amides is 1. The average Bonchev–Trinajstić information content (AvgIpc) is 2.77. The Morgan fingerprint density at radius 1 is 1.33 bits per heavy atom. The molecule has 0 radical (unpaired) electrons. The SMILES string of the molecule is CC1CCN(C(=O)[C@@H]2CCNC2)C1C.Cl.